The third-order valence-electron chi connectivity index (χ3n) is 2.81. The standard InChI is InChI=1S/C13H20N2O2S/c1-5-9(3)14-12(16)10(4)15-13(17)11-8(2)6-7-18-11/h6-7,9-10H,5H2,1-4H3,(H,14,16)(H,15,17)/t9-,10-/m1/s1. The van der Waals surface area contributed by atoms with E-state index in [-0.39, 0.29) is 17.9 Å². The molecule has 0 saturated heterocycles. The topological polar surface area (TPSA) is 58.2 Å². The smallest absolute Gasteiger partial charge is 0.262 e. The molecule has 0 fully saturated rings. The van der Waals surface area contributed by atoms with Crippen molar-refractivity contribution < 1.29 is 9.59 Å². The summed E-state index contributed by atoms with van der Waals surface area (Å²) in [7, 11) is 0. The highest BCUT2D eigenvalue weighted by atomic mass is 32.1. The fourth-order valence-corrected chi connectivity index (χ4v) is 2.23. The highest BCUT2D eigenvalue weighted by molar-refractivity contribution is 7.12. The van der Waals surface area contributed by atoms with Gasteiger partial charge in [0.1, 0.15) is 6.04 Å². The van der Waals surface area contributed by atoms with Crippen LogP contribution < -0.4 is 10.6 Å². The fraction of sp³-hybridized carbons (Fsp3) is 0.538. The number of rotatable bonds is 5. The molecule has 5 heteroatoms. The molecule has 0 aromatic carbocycles. The van der Waals surface area contributed by atoms with Crippen LogP contribution in [0.5, 0.6) is 0 Å². The van der Waals surface area contributed by atoms with E-state index < -0.39 is 6.04 Å². The number of aryl methyl sites for hydroxylation is 1. The Morgan fingerprint density at radius 2 is 2.00 bits per heavy atom. The largest absolute Gasteiger partial charge is 0.352 e. The molecule has 2 N–H and O–H groups in total. The normalized spacial score (nSPS) is 13.8. The van der Waals surface area contributed by atoms with Crippen LogP contribution in [0.2, 0.25) is 0 Å². The zero-order valence-electron chi connectivity index (χ0n) is 11.2. The number of hydrogen-bond acceptors (Lipinski definition) is 3. The molecule has 1 heterocycles. The van der Waals surface area contributed by atoms with Crippen molar-refractivity contribution >= 4 is 23.2 Å². The van der Waals surface area contributed by atoms with Gasteiger partial charge < -0.3 is 10.6 Å². The molecule has 0 aliphatic rings. The van der Waals surface area contributed by atoms with Gasteiger partial charge in [-0.2, -0.15) is 0 Å². The molecule has 100 valence electrons. The van der Waals surface area contributed by atoms with Gasteiger partial charge in [0, 0.05) is 6.04 Å². The Morgan fingerprint density at radius 1 is 1.33 bits per heavy atom. The first-order valence-corrected chi connectivity index (χ1v) is 6.99. The van der Waals surface area contributed by atoms with Gasteiger partial charge in [-0.15, -0.1) is 11.3 Å². The minimum absolute atomic E-state index is 0.125. The first kappa shape index (κ1) is 14.7. The van der Waals surface area contributed by atoms with E-state index in [1.54, 1.807) is 6.92 Å². The van der Waals surface area contributed by atoms with Gasteiger partial charge >= 0.3 is 0 Å². The van der Waals surface area contributed by atoms with Gasteiger partial charge in [0.25, 0.3) is 5.91 Å². The van der Waals surface area contributed by atoms with E-state index in [4.69, 9.17) is 0 Å². The summed E-state index contributed by atoms with van der Waals surface area (Å²) in [6.45, 7) is 7.52. The van der Waals surface area contributed by atoms with E-state index in [1.165, 1.54) is 11.3 Å². The van der Waals surface area contributed by atoms with Gasteiger partial charge in [0.15, 0.2) is 0 Å². The molecule has 0 bridgehead atoms. The predicted octanol–water partition coefficient (Wildman–Crippen LogP) is 2.09. The number of nitrogens with one attached hydrogen (secondary N) is 2. The molecule has 1 aromatic heterocycles. The number of carbonyl (C=O) groups is 2. The second-order valence-corrected chi connectivity index (χ2v) is 5.36. The summed E-state index contributed by atoms with van der Waals surface area (Å²) in [5.41, 5.74) is 0.937. The highest BCUT2D eigenvalue weighted by Crippen LogP contribution is 2.15. The zero-order chi connectivity index (χ0) is 13.7. The second kappa shape index (κ2) is 6.54. The summed E-state index contributed by atoms with van der Waals surface area (Å²) in [5.74, 6) is -0.332. The lowest BCUT2D eigenvalue weighted by Gasteiger charge is -2.17. The van der Waals surface area contributed by atoms with Gasteiger partial charge in [0.05, 0.1) is 4.88 Å². The lowest BCUT2D eigenvalue weighted by Crippen LogP contribution is -2.47. The molecular weight excluding hydrogens is 248 g/mol. The Hall–Kier alpha value is -1.36. The van der Waals surface area contributed by atoms with E-state index in [0.29, 0.717) is 4.88 Å². The molecular formula is C13H20N2O2S. The molecule has 2 atom stereocenters. The van der Waals surface area contributed by atoms with Crippen LogP contribution in [-0.2, 0) is 4.79 Å². The van der Waals surface area contributed by atoms with Crippen molar-refractivity contribution in [2.75, 3.05) is 0 Å². The van der Waals surface area contributed by atoms with E-state index in [0.717, 1.165) is 12.0 Å². The molecule has 1 rings (SSSR count). The molecule has 0 aliphatic heterocycles. The van der Waals surface area contributed by atoms with Crippen LogP contribution in [0.15, 0.2) is 11.4 Å². The van der Waals surface area contributed by atoms with Crippen LogP contribution in [0.1, 0.15) is 42.4 Å². The molecule has 0 unspecified atom stereocenters. The monoisotopic (exact) mass is 268 g/mol. The van der Waals surface area contributed by atoms with Crippen molar-refractivity contribution in [1.29, 1.82) is 0 Å². The van der Waals surface area contributed by atoms with Gasteiger partial charge in [-0.25, -0.2) is 0 Å². The Labute approximate surface area is 112 Å². The van der Waals surface area contributed by atoms with Crippen molar-refractivity contribution in [1.82, 2.24) is 10.6 Å². The maximum Gasteiger partial charge on any atom is 0.262 e. The van der Waals surface area contributed by atoms with Crippen molar-refractivity contribution in [3.63, 3.8) is 0 Å². The quantitative estimate of drug-likeness (QED) is 0.859. The Bertz CT molecular complexity index is 428. The molecule has 4 nitrogen and oxygen atoms in total. The molecule has 0 aliphatic carbocycles. The van der Waals surface area contributed by atoms with Gasteiger partial charge in [-0.05, 0) is 44.2 Å². The Balaban J connectivity index is 2.55. The van der Waals surface area contributed by atoms with E-state index >= 15 is 0 Å². The first-order valence-electron chi connectivity index (χ1n) is 6.11. The second-order valence-electron chi connectivity index (χ2n) is 4.45. The average Bonchev–Trinajstić information content (AvgIpc) is 2.75. The molecule has 1 aromatic rings. The molecule has 2 amide bonds. The van der Waals surface area contributed by atoms with E-state index in [9.17, 15) is 9.59 Å². The van der Waals surface area contributed by atoms with Crippen LogP contribution in [0.25, 0.3) is 0 Å². The predicted molar refractivity (Wildman–Crippen MR) is 73.9 cm³/mol. The summed E-state index contributed by atoms with van der Waals surface area (Å²) >= 11 is 1.39. The van der Waals surface area contributed by atoms with Crippen LogP contribution >= 0.6 is 11.3 Å². The van der Waals surface area contributed by atoms with Gasteiger partial charge in [-0.1, -0.05) is 6.92 Å². The molecule has 0 spiro atoms. The van der Waals surface area contributed by atoms with Crippen molar-refractivity contribution in [3.8, 4) is 0 Å². The van der Waals surface area contributed by atoms with Gasteiger partial charge in [0.2, 0.25) is 5.91 Å². The summed E-state index contributed by atoms with van der Waals surface area (Å²) in [6, 6.07) is 1.50. The number of hydrogen-bond donors (Lipinski definition) is 2. The SMILES string of the molecule is CC[C@@H](C)NC(=O)[C@@H](C)NC(=O)c1sccc1C. The third kappa shape index (κ3) is 3.84. The zero-order valence-corrected chi connectivity index (χ0v) is 12.1. The lowest BCUT2D eigenvalue weighted by molar-refractivity contribution is -0.123. The highest BCUT2D eigenvalue weighted by Gasteiger charge is 2.19. The van der Waals surface area contributed by atoms with Crippen LogP contribution in [0.4, 0.5) is 0 Å². The van der Waals surface area contributed by atoms with Crippen LogP contribution in [-0.4, -0.2) is 23.9 Å². The summed E-state index contributed by atoms with van der Waals surface area (Å²) in [4.78, 5) is 24.4. The minimum atomic E-state index is -0.520. The minimum Gasteiger partial charge on any atom is -0.352 e. The average molecular weight is 268 g/mol. The van der Waals surface area contributed by atoms with Gasteiger partial charge in [-0.3, -0.25) is 9.59 Å². The Kier molecular flexibility index (Phi) is 5.34. The summed E-state index contributed by atoms with van der Waals surface area (Å²) < 4.78 is 0. The summed E-state index contributed by atoms with van der Waals surface area (Å²) in [6.07, 6.45) is 0.871. The number of amides is 2. The molecule has 18 heavy (non-hydrogen) atoms. The summed E-state index contributed by atoms with van der Waals surface area (Å²) in [5, 5.41) is 7.43. The third-order valence-corrected chi connectivity index (χ3v) is 3.83. The molecule has 0 radical (unpaired) electrons. The van der Waals surface area contributed by atoms with Crippen molar-refractivity contribution in [3.05, 3.63) is 21.9 Å². The van der Waals surface area contributed by atoms with Crippen molar-refractivity contribution in [2.45, 2.75) is 46.2 Å². The maximum absolute atomic E-state index is 11.9. The fourth-order valence-electron chi connectivity index (χ4n) is 1.40. The number of thiophene rings is 1. The lowest BCUT2D eigenvalue weighted by atomic mass is 10.2. The van der Waals surface area contributed by atoms with Crippen LogP contribution in [0.3, 0.4) is 0 Å². The number of carbonyl (C=O) groups excluding carboxylic acids is 2. The van der Waals surface area contributed by atoms with E-state index in [1.807, 2.05) is 32.2 Å². The van der Waals surface area contributed by atoms with Crippen molar-refractivity contribution in [2.24, 2.45) is 0 Å². The van der Waals surface area contributed by atoms with E-state index in [2.05, 4.69) is 10.6 Å². The molecule has 0 saturated carbocycles. The maximum atomic E-state index is 11.9. The first-order chi connectivity index (χ1) is 8.45. The Morgan fingerprint density at radius 3 is 2.50 bits per heavy atom. The van der Waals surface area contributed by atoms with Crippen LogP contribution in [0, 0.1) is 6.92 Å².